The topological polar surface area (TPSA) is 198 Å². The number of phenolic OH excluding ortho intramolecular Hbond substituents is 6. The fourth-order valence-electron chi connectivity index (χ4n) is 5.22. The Morgan fingerprint density at radius 1 is 0.973 bits per heavy atom. The number of esters is 1. The molecule has 6 N–H and O–H groups in total. The van der Waals surface area contributed by atoms with Crippen LogP contribution in [0.15, 0.2) is 35.9 Å². The summed E-state index contributed by atoms with van der Waals surface area (Å²) in [5.74, 6) is -5.83. The van der Waals surface area contributed by atoms with Crippen LogP contribution in [0.5, 0.6) is 34.5 Å². The number of carbonyl (C=O) groups excluding carboxylic acids is 2. The van der Waals surface area contributed by atoms with Crippen LogP contribution in [-0.2, 0) is 14.3 Å². The second-order valence-corrected chi connectivity index (χ2v) is 10.1. The average molecular weight is 511 g/mol. The first-order valence-electron chi connectivity index (χ1n) is 11.2. The number of hydrogen-bond donors (Lipinski definition) is 6. The van der Waals surface area contributed by atoms with Crippen molar-refractivity contribution < 1.29 is 49.7 Å². The molecule has 194 valence electrons. The number of rotatable bonds is 3. The molecule has 1 aliphatic heterocycles. The van der Waals surface area contributed by atoms with Gasteiger partial charge in [-0.2, -0.15) is 5.26 Å². The fourth-order valence-corrected chi connectivity index (χ4v) is 5.22. The summed E-state index contributed by atoms with van der Waals surface area (Å²) >= 11 is 0. The lowest BCUT2D eigenvalue weighted by Crippen LogP contribution is -2.58. The molecule has 11 nitrogen and oxygen atoms in total. The zero-order chi connectivity index (χ0) is 27.4. The molecule has 1 fully saturated rings. The van der Waals surface area contributed by atoms with Gasteiger partial charge in [-0.1, -0.05) is 13.0 Å². The van der Waals surface area contributed by atoms with Crippen LogP contribution < -0.4 is 0 Å². The molecule has 0 radical (unpaired) electrons. The molecule has 2 aromatic rings. The monoisotopic (exact) mass is 511 g/mol. The summed E-state index contributed by atoms with van der Waals surface area (Å²) in [5, 5.41) is 68.7. The summed E-state index contributed by atoms with van der Waals surface area (Å²) in [5.41, 5.74) is -2.37. The molecule has 0 spiro atoms. The molecule has 1 heterocycles. The second-order valence-electron chi connectivity index (χ2n) is 10.1. The first-order valence-corrected chi connectivity index (χ1v) is 11.2. The number of nitrogens with zero attached hydrogens (tertiary/aromatic N) is 1. The Hall–Kier alpha value is -4.43. The molecular weight excluding hydrogens is 486 g/mol. The Bertz CT molecular complexity index is 1340. The van der Waals surface area contributed by atoms with Gasteiger partial charge in [-0.05, 0) is 50.1 Å². The van der Waals surface area contributed by atoms with Gasteiger partial charge >= 0.3 is 5.97 Å². The predicted octanol–water partition coefficient (Wildman–Crippen LogP) is 3.04. The standard InChI is InChI=1S/C26H25NO10/c1-25(2)22(34)13(10-27)8-26(3)9-18(36-23(35)12-6-16(30)20(33)17(31)7-12)21(37-24(25)26)11-4-14(28)19(32)15(29)5-11/h4-8,18,21,24,28-33H,9H2,1-3H3/t18-,21-,24?,26?/m0/s1. The van der Waals surface area contributed by atoms with E-state index >= 15 is 0 Å². The third-order valence-electron chi connectivity index (χ3n) is 6.92. The summed E-state index contributed by atoms with van der Waals surface area (Å²) in [6.45, 7) is 4.99. The van der Waals surface area contributed by atoms with E-state index in [1.807, 2.05) is 6.07 Å². The number of benzene rings is 2. The van der Waals surface area contributed by atoms with Gasteiger partial charge in [0, 0.05) is 5.41 Å². The zero-order valence-corrected chi connectivity index (χ0v) is 20.1. The predicted molar refractivity (Wildman–Crippen MR) is 125 cm³/mol. The lowest BCUT2D eigenvalue weighted by Gasteiger charge is -2.53. The number of allylic oxidation sites excluding steroid dienone is 1. The Kier molecular flexibility index (Phi) is 5.96. The van der Waals surface area contributed by atoms with Crippen LogP contribution in [0.2, 0.25) is 0 Å². The SMILES string of the molecule is CC12C=C(C#N)C(=O)C(C)(C)C1O[C@@H](c1cc(O)c(O)c(O)c1)[C@@H](OC(=O)c1cc(O)c(O)c(O)c1)C2. The minimum atomic E-state index is -1.17. The first-order chi connectivity index (χ1) is 17.2. The number of phenols is 6. The molecule has 0 saturated carbocycles. The number of ketones is 1. The van der Waals surface area contributed by atoms with Crippen molar-refractivity contribution in [2.45, 2.75) is 45.5 Å². The van der Waals surface area contributed by atoms with Crippen LogP contribution in [0.1, 0.15) is 49.2 Å². The number of Topliss-reactive ketones (excluding diaryl/α,β-unsaturated/α-hetero) is 1. The van der Waals surface area contributed by atoms with Gasteiger partial charge in [-0.3, -0.25) is 4.79 Å². The van der Waals surface area contributed by atoms with Crippen molar-refractivity contribution in [1.29, 1.82) is 5.26 Å². The van der Waals surface area contributed by atoms with Gasteiger partial charge in [0.2, 0.25) is 0 Å². The number of aromatic hydroxyl groups is 6. The average Bonchev–Trinajstić information content (AvgIpc) is 2.82. The molecule has 2 aliphatic rings. The van der Waals surface area contributed by atoms with E-state index in [9.17, 15) is 45.5 Å². The molecule has 1 aliphatic carbocycles. The molecular formula is C26H25NO10. The molecule has 4 atom stereocenters. The highest BCUT2D eigenvalue weighted by atomic mass is 16.6. The maximum atomic E-state index is 13.0. The van der Waals surface area contributed by atoms with Crippen molar-refractivity contribution >= 4 is 11.8 Å². The van der Waals surface area contributed by atoms with Crippen LogP contribution in [0.4, 0.5) is 0 Å². The summed E-state index contributed by atoms with van der Waals surface area (Å²) in [6, 6.07) is 5.94. The minimum absolute atomic E-state index is 0.0361. The highest BCUT2D eigenvalue weighted by Crippen LogP contribution is 2.55. The number of carbonyl (C=O) groups is 2. The number of hydrogen-bond acceptors (Lipinski definition) is 11. The van der Waals surface area contributed by atoms with Crippen LogP contribution in [0, 0.1) is 22.2 Å². The Morgan fingerprint density at radius 2 is 1.49 bits per heavy atom. The van der Waals surface area contributed by atoms with Crippen LogP contribution in [-0.4, -0.2) is 54.6 Å². The highest BCUT2D eigenvalue weighted by molar-refractivity contribution is 6.04. The third kappa shape index (κ3) is 4.15. The van der Waals surface area contributed by atoms with Crippen molar-refractivity contribution in [3.05, 3.63) is 47.0 Å². The normalized spacial score (nSPS) is 26.5. The lowest BCUT2D eigenvalue weighted by molar-refractivity contribution is -0.205. The van der Waals surface area contributed by atoms with E-state index in [4.69, 9.17) is 9.47 Å². The van der Waals surface area contributed by atoms with Crippen molar-refractivity contribution in [1.82, 2.24) is 0 Å². The molecule has 4 rings (SSSR count). The number of fused-ring (bicyclic) bond motifs is 1. The quantitative estimate of drug-likeness (QED) is 0.261. The van der Waals surface area contributed by atoms with Crippen molar-refractivity contribution in [3.63, 3.8) is 0 Å². The third-order valence-corrected chi connectivity index (χ3v) is 6.92. The number of ether oxygens (including phenoxy) is 2. The molecule has 2 unspecified atom stereocenters. The molecule has 37 heavy (non-hydrogen) atoms. The first kappa shape index (κ1) is 25.7. The van der Waals surface area contributed by atoms with Crippen molar-refractivity contribution in [2.75, 3.05) is 0 Å². The minimum Gasteiger partial charge on any atom is -0.504 e. The van der Waals surface area contributed by atoms with Crippen molar-refractivity contribution in [2.24, 2.45) is 10.8 Å². The van der Waals surface area contributed by atoms with Gasteiger partial charge in [-0.15, -0.1) is 0 Å². The van der Waals surface area contributed by atoms with Crippen LogP contribution >= 0.6 is 0 Å². The summed E-state index contributed by atoms with van der Waals surface area (Å²) in [6.07, 6.45) is -1.58. The van der Waals surface area contributed by atoms with Crippen LogP contribution in [0.3, 0.4) is 0 Å². The summed E-state index contributed by atoms with van der Waals surface area (Å²) < 4.78 is 12.0. The number of nitriles is 1. The largest absolute Gasteiger partial charge is 0.504 e. The van der Waals surface area contributed by atoms with Gasteiger partial charge in [0.15, 0.2) is 40.3 Å². The van der Waals surface area contributed by atoms with E-state index in [2.05, 4.69) is 0 Å². The molecule has 2 aromatic carbocycles. The highest BCUT2D eigenvalue weighted by Gasteiger charge is 2.58. The molecule has 1 saturated heterocycles. The van der Waals surface area contributed by atoms with Gasteiger partial charge in [0.1, 0.15) is 18.3 Å². The van der Waals surface area contributed by atoms with Gasteiger partial charge in [-0.25, -0.2) is 4.79 Å². The lowest BCUT2D eigenvalue weighted by atomic mass is 9.59. The molecule has 11 heteroatoms. The Balaban J connectivity index is 1.80. The summed E-state index contributed by atoms with van der Waals surface area (Å²) in [7, 11) is 0. The molecule has 0 aromatic heterocycles. The van der Waals surface area contributed by atoms with Gasteiger partial charge in [0.25, 0.3) is 0 Å². The van der Waals surface area contributed by atoms with Crippen LogP contribution in [0.25, 0.3) is 0 Å². The Morgan fingerprint density at radius 3 is 2.00 bits per heavy atom. The molecule has 0 bridgehead atoms. The summed E-state index contributed by atoms with van der Waals surface area (Å²) in [4.78, 5) is 26.0. The maximum Gasteiger partial charge on any atom is 0.338 e. The van der Waals surface area contributed by atoms with E-state index < -0.39 is 75.4 Å². The van der Waals surface area contributed by atoms with E-state index in [-0.39, 0.29) is 23.1 Å². The van der Waals surface area contributed by atoms with E-state index in [1.165, 1.54) is 6.08 Å². The maximum absolute atomic E-state index is 13.0. The zero-order valence-electron chi connectivity index (χ0n) is 20.1. The van der Waals surface area contributed by atoms with E-state index in [1.54, 1.807) is 20.8 Å². The smallest absolute Gasteiger partial charge is 0.338 e. The van der Waals surface area contributed by atoms with E-state index in [0.717, 1.165) is 24.3 Å². The van der Waals surface area contributed by atoms with Gasteiger partial charge in [0.05, 0.1) is 22.7 Å². The molecule has 0 amide bonds. The van der Waals surface area contributed by atoms with Crippen molar-refractivity contribution in [3.8, 4) is 40.6 Å². The second kappa shape index (κ2) is 8.60. The Labute approximate surface area is 211 Å². The van der Waals surface area contributed by atoms with Gasteiger partial charge < -0.3 is 40.1 Å². The fraction of sp³-hybridized carbons (Fsp3) is 0.346. The van der Waals surface area contributed by atoms with E-state index in [0.29, 0.717) is 0 Å².